The Bertz CT molecular complexity index is 968. The van der Waals surface area contributed by atoms with Crippen LogP contribution in [0.25, 0.3) is 0 Å². The molecule has 0 radical (unpaired) electrons. The number of carbonyl (C=O) groups excluding carboxylic acids is 4. The minimum Gasteiger partial charge on any atom is -0.466 e. The number of hydrogen-bond donors (Lipinski definition) is 2. The van der Waals surface area contributed by atoms with E-state index in [0.717, 1.165) is 11.8 Å². The number of nitrogens with one attached hydrogen (secondary N) is 2. The van der Waals surface area contributed by atoms with Crippen molar-refractivity contribution in [1.82, 2.24) is 5.32 Å². The van der Waals surface area contributed by atoms with E-state index in [2.05, 4.69) is 10.6 Å². The molecule has 0 aliphatic carbocycles. The van der Waals surface area contributed by atoms with E-state index in [4.69, 9.17) is 9.47 Å². The fraction of sp³-hybridized carbons (Fsp3) is 0.304. The van der Waals surface area contributed by atoms with E-state index in [1.165, 1.54) is 24.3 Å². The van der Waals surface area contributed by atoms with Gasteiger partial charge in [-0.2, -0.15) is 0 Å². The molecule has 2 rings (SSSR count). The third-order valence-electron chi connectivity index (χ3n) is 4.11. The van der Waals surface area contributed by atoms with Gasteiger partial charge in [-0.15, -0.1) is 11.8 Å². The van der Waals surface area contributed by atoms with E-state index in [1.54, 1.807) is 31.2 Å². The lowest BCUT2D eigenvalue weighted by atomic mass is 10.2. The largest absolute Gasteiger partial charge is 0.466 e. The van der Waals surface area contributed by atoms with Gasteiger partial charge < -0.3 is 20.1 Å². The van der Waals surface area contributed by atoms with Crippen LogP contribution in [0, 0.1) is 5.82 Å². The van der Waals surface area contributed by atoms with Crippen LogP contribution in [0.4, 0.5) is 10.1 Å². The van der Waals surface area contributed by atoms with E-state index in [1.807, 2.05) is 0 Å². The maximum absolute atomic E-state index is 13.0. The molecule has 8 nitrogen and oxygen atoms in total. The second-order valence-corrected chi connectivity index (χ2v) is 7.69. The molecule has 176 valence electrons. The molecule has 0 aromatic heterocycles. The van der Waals surface area contributed by atoms with E-state index in [0.29, 0.717) is 23.6 Å². The first-order chi connectivity index (χ1) is 15.9. The normalized spacial score (nSPS) is 10.2. The van der Waals surface area contributed by atoms with Crippen molar-refractivity contribution < 1.29 is 33.0 Å². The van der Waals surface area contributed by atoms with Gasteiger partial charge in [0.15, 0.2) is 6.61 Å². The number of hydrogen-bond acceptors (Lipinski definition) is 7. The monoisotopic (exact) mass is 476 g/mol. The first-order valence-corrected chi connectivity index (χ1v) is 11.2. The van der Waals surface area contributed by atoms with Crippen molar-refractivity contribution in [1.29, 1.82) is 0 Å². The third-order valence-corrected chi connectivity index (χ3v) is 5.19. The lowest BCUT2D eigenvalue weighted by Crippen LogP contribution is -2.30. The smallest absolute Gasteiger partial charge is 0.339 e. The van der Waals surface area contributed by atoms with Crippen LogP contribution in [-0.4, -0.2) is 49.3 Å². The van der Waals surface area contributed by atoms with Crippen molar-refractivity contribution in [2.45, 2.75) is 24.7 Å². The number of anilines is 1. The highest BCUT2D eigenvalue weighted by Crippen LogP contribution is 2.23. The SMILES string of the molecule is CCOC(=O)CCCNC(=O)COC(=O)c1ccccc1SCC(=O)Nc1ccc(F)cc1. The number of ether oxygens (including phenoxy) is 2. The van der Waals surface area contributed by atoms with Crippen LogP contribution < -0.4 is 10.6 Å². The average Bonchev–Trinajstić information content (AvgIpc) is 2.81. The number of rotatable bonds is 12. The van der Waals surface area contributed by atoms with Crippen LogP contribution in [0.1, 0.15) is 30.1 Å². The summed E-state index contributed by atoms with van der Waals surface area (Å²) in [5.41, 5.74) is 0.690. The van der Waals surface area contributed by atoms with Crippen LogP contribution in [0.3, 0.4) is 0 Å². The number of esters is 2. The van der Waals surface area contributed by atoms with Crippen molar-refractivity contribution >= 4 is 41.2 Å². The van der Waals surface area contributed by atoms with Crippen molar-refractivity contribution in [3.63, 3.8) is 0 Å². The van der Waals surface area contributed by atoms with Gasteiger partial charge in [-0.25, -0.2) is 9.18 Å². The summed E-state index contributed by atoms with van der Waals surface area (Å²) in [6.45, 7) is 1.81. The van der Waals surface area contributed by atoms with Crippen molar-refractivity contribution in [2.75, 3.05) is 30.8 Å². The molecule has 2 aromatic carbocycles. The van der Waals surface area contributed by atoms with Gasteiger partial charge >= 0.3 is 11.9 Å². The lowest BCUT2D eigenvalue weighted by Gasteiger charge is -2.10. The minimum absolute atomic E-state index is 0.0165. The summed E-state index contributed by atoms with van der Waals surface area (Å²) in [6, 6.07) is 12.0. The number of thioether (sulfide) groups is 1. The molecule has 0 saturated heterocycles. The number of halogens is 1. The predicted molar refractivity (Wildman–Crippen MR) is 121 cm³/mol. The van der Waals surface area contributed by atoms with E-state index < -0.39 is 24.3 Å². The predicted octanol–water partition coefficient (Wildman–Crippen LogP) is 3.17. The van der Waals surface area contributed by atoms with Gasteiger partial charge in [0, 0.05) is 23.5 Å². The first-order valence-electron chi connectivity index (χ1n) is 10.3. The molecule has 0 atom stereocenters. The zero-order chi connectivity index (χ0) is 24.1. The highest BCUT2D eigenvalue weighted by Gasteiger charge is 2.16. The van der Waals surface area contributed by atoms with Gasteiger partial charge in [-0.05, 0) is 49.7 Å². The number of benzene rings is 2. The molecule has 2 aromatic rings. The van der Waals surface area contributed by atoms with Crippen LogP contribution >= 0.6 is 11.8 Å². The summed E-state index contributed by atoms with van der Waals surface area (Å²) in [4.78, 5) is 48.2. The van der Waals surface area contributed by atoms with E-state index in [-0.39, 0.29) is 36.2 Å². The van der Waals surface area contributed by atoms with Crippen LogP contribution in [0.2, 0.25) is 0 Å². The molecule has 0 unspecified atom stereocenters. The number of amides is 2. The van der Waals surface area contributed by atoms with Crippen LogP contribution in [0.5, 0.6) is 0 Å². The molecule has 2 amide bonds. The summed E-state index contributed by atoms with van der Waals surface area (Å²) in [5, 5.41) is 5.20. The minimum atomic E-state index is -0.696. The van der Waals surface area contributed by atoms with Gasteiger partial charge in [-0.3, -0.25) is 14.4 Å². The second kappa shape index (κ2) is 13.9. The molecular weight excluding hydrogens is 451 g/mol. The van der Waals surface area contributed by atoms with Crippen molar-refractivity contribution in [3.8, 4) is 0 Å². The average molecular weight is 477 g/mol. The topological polar surface area (TPSA) is 111 Å². The Morgan fingerprint density at radius 2 is 1.70 bits per heavy atom. The molecule has 0 saturated carbocycles. The summed E-state index contributed by atoms with van der Waals surface area (Å²) < 4.78 is 22.8. The third kappa shape index (κ3) is 9.73. The van der Waals surface area contributed by atoms with Crippen LogP contribution in [-0.2, 0) is 23.9 Å². The Balaban J connectivity index is 1.78. The van der Waals surface area contributed by atoms with Crippen molar-refractivity contribution in [2.24, 2.45) is 0 Å². The Labute approximate surface area is 195 Å². The Morgan fingerprint density at radius 1 is 0.970 bits per heavy atom. The molecule has 33 heavy (non-hydrogen) atoms. The Hall–Kier alpha value is -3.40. The molecule has 0 aliphatic rings. The summed E-state index contributed by atoms with van der Waals surface area (Å²) in [7, 11) is 0. The fourth-order valence-electron chi connectivity index (χ4n) is 2.59. The van der Waals surface area contributed by atoms with Gasteiger partial charge in [0.2, 0.25) is 5.91 Å². The number of carbonyl (C=O) groups is 4. The van der Waals surface area contributed by atoms with Gasteiger partial charge in [-0.1, -0.05) is 12.1 Å². The first kappa shape index (κ1) is 25.9. The standard InChI is InChI=1S/C23H25FN2O6S/c1-2-31-22(29)8-5-13-25-20(27)14-32-23(30)18-6-3-4-7-19(18)33-15-21(28)26-17-11-9-16(24)10-12-17/h3-4,6-7,9-12H,2,5,8,13-15H2,1H3,(H,25,27)(H,26,28). The quantitative estimate of drug-likeness (QED) is 0.275. The molecule has 0 spiro atoms. The lowest BCUT2D eigenvalue weighted by molar-refractivity contribution is -0.143. The molecule has 0 heterocycles. The van der Waals surface area contributed by atoms with Gasteiger partial charge in [0.25, 0.3) is 5.91 Å². The summed E-state index contributed by atoms with van der Waals surface area (Å²) in [6.07, 6.45) is 0.602. The maximum Gasteiger partial charge on any atom is 0.339 e. The highest BCUT2D eigenvalue weighted by atomic mass is 32.2. The molecule has 2 N–H and O–H groups in total. The van der Waals surface area contributed by atoms with E-state index in [9.17, 15) is 23.6 Å². The highest BCUT2D eigenvalue weighted by molar-refractivity contribution is 8.00. The van der Waals surface area contributed by atoms with Gasteiger partial charge in [0.1, 0.15) is 5.82 Å². The molecule has 0 fully saturated rings. The zero-order valence-corrected chi connectivity index (χ0v) is 18.9. The fourth-order valence-corrected chi connectivity index (χ4v) is 3.43. The summed E-state index contributed by atoms with van der Waals surface area (Å²) >= 11 is 1.13. The zero-order valence-electron chi connectivity index (χ0n) is 18.1. The Kier molecular flexibility index (Phi) is 10.9. The van der Waals surface area contributed by atoms with Crippen LogP contribution in [0.15, 0.2) is 53.4 Å². The maximum atomic E-state index is 13.0. The molecule has 0 bridgehead atoms. The van der Waals surface area contributed by atoms with E-state index >= 15 is 0 Å². The molecule has 10 heteroatoms. The molecule has 0 aliphatic heterocycles. The second-order valence-electron chi connectivity index (χ2n) is 6.67. The summed E-state index contributed by atoms with van der Waals surface area (Å²) in [5.74, 6) is -2.23. The molecular formula is C23H25FN2O6S. The Morgan fingerprint density at radius 3 is 2.42 bits per heavy atom. The van der Waals surface area contributed by atoms with Gasteiger partial charge in [0.05, 0.1) is 17.9 Å². The van der Waals surface area contributed by atoms with Crippen molar-refractivity contribution in [3.05, 3.63) is 59.9 Å².